The van der Waals surface area contributed by atoms with Gasteiger partial charge in [0.2, 0.25) is 0 Å². The van der Waals surface area contributed by atoms with E-state index in [1.807, 2.05) is 6.92 Å². The fourth-order valence-corrected chi connectivity index (χ4v) is 2.41. The molecule has 1 aromatic carbocycles. The van der Waals surface area contributed by atoms with Gasteiger partial charge in [0, 0.05) is 37.6 Å². The van der Waals surface area contributed by atoms with Crippen LogP contribution in [0.2, 0.25) is 0 Å². The molecule has 0 amide bonds. The zero-order valence-electron chi connectivity index (χ0n) is 13.8. The molecular formula is C17H23N3O2. The van der Waals surface area contributed by atoms with Gasteiger partial charge < -0.3 is 4.90 Å². The van der Waals surface area contributed by atoms with Crippen LogP contribution in [0.5, 0.6) is 0 Å². The molecule has 0 aliphatic carbocycles. The molecule has 1 heterocycles. The summed E-state index contributed by atoms with van der Waals surface area (Å²) >= 11 is 0. The van der Waals surface area contributed by atoms with Crippen LogP contribution in [0.3, 0.4) is 0 Å². The topological polar surface area (TPSA) is 47.2 Å². The van der Waals surface area contributed by atoms with E-state index in [0.29, 0.717) is 12.2 Å². The lowest BCUT2D eigenvalue weighted by atomic mass is 10.1. The third-order valence-electron chi connectivity index (χ3n) is 3.95. The fraction of sp³-hybridized carbons (Fsp3) is 0.412. The largest absolute Gasteiger partial charge is 0.363 e. The van der Waals surface area contributed by atoms with E-state index in [4.69, 9.17) is 0 Å². The smallest absolute Gasteiger partial charge is 0.330 e. The molecule has 0 atom stereocenters. The normalized spacial score (nSPS) is 11.0. The molecule has 0 saturated heterocycles. The number of hydrogen-bond acceptors (Lipinski definition) is 3. The van der Waals surface area contributed by atoms with Gasteiger partial charge in [0.05, 0.1) is 6.54 Å². The SMILES string of the molecule is Cc1ccc(N(Cc2cc(=O)n(C)c(=O)n2C)C(C)C)cc1. The summed E-state index contributed by atoms with van der Waals surface area (Å²) in [5.74, 6) is 0. The van der Waals surface area contributed by atoms with E-state index in [0.717, 1.165) is 10.3 Å². The van der Waals surface area contributed by atoms with Crippen LogP contribution in [0.1, 0.15) is 25.1 Å². The minimum Gasteiger partial charge on any atom is -0.363 e. The van der Waals surface area contributed by atoms with Crippen LogP contribution in [-0.2, 0) is 20.6 Å². The first kappa shape index (κ1) is 16.1. The summed E-state index contributed by atoms with van der Waals surface area (Å²) in [4.78, 5) is 26.1. The Morgan fingerprint density at radius 2 is 1.64 bits per heavy atom. The summed E-state index contributed by atoms with van der Waals surface area (Å²) in [7, 11) is 3.19. The van der Waals surface area contributed by atoms with Crippen molar-refractivity contribution in [1.82, 2.24) is 9.13 Å². The van der Waals surface area contributed by atoms with Crippen molar-refractivity contribution in [3.63, 3.8) is 0 Å². The molecular weight excluding hydrogens is 278 g/mol. The second-order valence-corrected chi connectivity index (χ2v) is 5.93. The van der Waals surface area contributed by atoms with Gasteiger partial charge in [-0.25, -0.2) is 4.79 Å². The molecule has 0 aliphatic heterocycles. The first-order chi connectivity index (χ1) is 10.3. The van der Waals surface area contributed by atoms with Gasteiger partial charge in [-0.3, -0.25) is 13.9 Å². The number of aromatic nitrogens is 2. The average molecular weight is 301 g/mol. The summed E-state index contributed by atoms with van der Waals surface area (Å²) in [6.07, 6.45) is 0. The van der Waals surface area contributed by atoms with Crippen LogP contribution < -0.4 is 16.1 Å². The number of rotatable bonds is 4. The number of hydrogen-bond donors (Lipinski definition) is 0. The quantitative estimate of drug-likeness (QED) is 0.865. The van der Waals surface area contributed by atoms with Gasteiger partial charge in [0.25, 0.3) is 5.56 Å². The average Bonchev–Trinajstić information content (AvgIpc) is 2.48. The lowest BCUT2D eigenvalue weighted by Gasteiger charge is -2.29. The maximum Gasteiger partial charge on any atom is 0.330 e. The third-order valence-corrected chi connectivity index (χ3v) is 3.95. The van der Waals surface area contributed by atoms with Crippen LogP contribution in [0.25, 0.3) is 0 Å². The predicted molar refractivity (Wildman–Crippen MR) is 89.4 cm³/mol. The predicted octanol–water partition coefficient (Wildman–Crippen LogP) is 1.81. The summed E-state index contributed by atoms with van der Waals surface area (Å²) in [6.45, 7) is 6.76. The minimum absolute atomic E-state index is 0.252. The molecule has 0 N–H and O–H groups in total. The Bertz CT molecular complexity index is 770. The van der Waals surface area contributed by atoms with E-state index in [1.165, 1.54) is 23.2 Å². The highest BCUT2D eigenvalue weighted by atomic mass is 16.2. The van der Waals surface area contributed by atoms with Crippen LogP contribution in [-0.4, -0.2) is 15.2 Å². The summed E-state index contributed by atoms with van der Waals surface area (Å²) < 4.78 is 2.65. The van der Waals surface area contributed by atoms with Crippen molar-refractivity contribution in [2.75, 3.05) is 4.90 Å². The van der Waals surface area contributed by atoms with E-state index in [9.17, 15) is 9.59 Å². The Labute approximate surface area is 130 Å². The Hall–Kier alpha value is -2.30. The molecule has 0 fully saturated rings. The molecule has 2 aromatic rings. The molecule has 5 nitrogen and oxygen atoms in total. The second kappa shape index (κ2) is 6.22. The van der Waals surface area contributed by atoms with Gasteiger partial charge in [-0.15, -0.1) is 0 Å². The van der Waals surface area contributed by atoms with Crippen molar-refractivity contribution >= 4 is 5.69 Å². The number of nitrogens with zero attached hydrogens (tertiary/aromatic N) is 3. The molecule has 22 heavy (non-hydrogen) atoms. The Morgan fingerprint density at radius 3 is 2.18 bits per heavy atom. The van der Waals surface area contributed by atoms with E-state index in [1.54, 1.807) is 7.05 Å². The van der Waals surface area contributed by atoms with Crippen molar-refractivity contribution in [2.24, 2.45) is 14.1 Å². The number of aryl methyl sites for hydroxylation is 1. The second-order valence-electron chi connectivity index (χ2n) is 5.93. The molecule has 1 aromatic heterocycles. The Morgan fingerprint density at radius 1 is 1.05 bits per heavy atom. The highest BCUT2D eigenvalue weighted by Crippen LogP contribution is 2.20. The molecule has 0 saturated carbocycles. The first-order valence-corrected chi connectivity index (χ1v) is 7.40. The van der Waals surface area contributed by atoms with Crippen molar-refractivity contribution in [1.29, 1.82) is 0 Å². The monoisotopic (exact) mass is 301 g/mol. The van der Waals surface area contributed by atoms with Crippen LogP contribution in [0, 0.1) is 6.92 Å². The standard InChI is InChI=1S/C17H23N3O2/c1-12(2)20(14-8-6-13(3)7-9-14)11-15-10-16(21)19(5)17(22)18(15)4/h6-10,12H,11H2,1-5H3. The molecule has 0 radical (unpaired) electrons. The lowest BCUT2D eigenvalue weighted by Crippen LogP contribution is -2.40. The number of anilines is 1. The zero-order chi connectivity index (χ0) is 16.4. The molecule has 0 spiro atoms. The maximum absolute atomic E-state index is 12.1. The van der Waals surface area contributed by atoms with Crippen LogP contribution in [0.4, 0.5) is 5.69 Å². The third kappa shape index (κ3) is 3.13. The fourth-order valence-electron chi connectivity index (χ4n) is 2.41. The highest BCUT2D eigenvalue weighted by Gasteiger charge is 2.14. The van der Waals surface area contributed by atoms with E-state index >= 15 is 0 Å². The Balaban J connectivity index is 2.43. The van der Waals surface area contributed by atoms with Crippen LogP contribution >= 0.6 is 0 Å². The molecule has 0 aliphatic rings. The van der Waals surface area contributed by atoms with Gasteiger partial charge in [-0.2, -0.15) is 0 Å². The van der Waals surface area contributed by atoms with Crippen molar-refractivity contribution in [3.05, 3.63) is 62.4 Å². The van der Waals surface area contributed by atoms with Gasteiger partial charge in [-0.1, -0.05) is 17.7 Å². The zero-order valence-corrected chi connectivity index (χ0v) is 13.8. The van der Waals surface area contributed by atoms with Gasteiger partial charge in [-0.05, 0) is 32.9 Å². The molecule has 0 bridgehead atoms. The molecule has 118 valence electrons. The first-order valence-electron chi connectivity index (χ1n) is 7.40. The van der Waals surface area contributed by atoms with Crippen molar-refractivity contribution in [2.45, 2.75) is 33.4 Å². The van der Waals surface area contributed by atoms with Gasteiger partial charge in [0.15, 0.2) is 0 Å². The maximum atomic E-state index is 12.1. The minimum atomic E-state index is -0.296. The van der Waals surface area contributed by atoms with Crippen LogP contribution in [0.15, 0.2) is 39.9 Å². The van der Waals surface area contributed by atoms with E-state index < -0.39 is 0 Å². The molecule has 5 heteroatoms. The summed E-state index contributed by atoms with van der Waals surface area (Å²) in [5, 5.41) is 0. The molecule has 0 unspecified atom stereocenters. The summed E-state index contributed by atoms with van der Waals surface area (Å²) in [6, 6.07) is 10.0. The van der Waals surface area contributed by atoms with Crippen molar-refractivity contribution in [3.8, 4) is 0 Å². The Kier molecular flexibility index (Phi) is 4.54. The van der Waals surface area contributed by atoms with Crippen molar-refractivity contribution < 1.29 is 0 Å². The van der Waals surface area contributed by atoms with Gasteiger partial charge in [0.1, 0.15) is 0 Å². The highest BCUT2D eigenvalue weighted by molar-refractivity contribution is 5.48. The summed E-state index contributed by atoms with van der Waals surface area (Å²) in [5.41, 5.74) is 2.42. The van der Waals surface area contributed by atoms with E-state index in [-0.39, 0.29) is 17.3 Å². The number of benzene rings is 1. The molecule has 2 rings (SSSR count). The van der Waals surface area contributed by atoms with E-state index in [2.05, 4.69) is 43.0 Å². The van der Waals surface area contributed by atoms with Gasteiger partial charge >= 0.3 is 5.69 Å². The lowest BCUT2D eigenvalue weighted by molar-refractivity contribution is 0.609.